The number of ketones is 1. The van der Waals surface area contributed by atoms with Gasteiger partial charge >= 0.3 is 0 Å². The fraction of sp³-hybridized carbons (Fsp3) is 0.350. The summed E-state index contributed by atoms with van der Waals surface area (Å²) in [5.41, 5.74) is 4.47. The van der Waals surface area contributed by atoms with Gasteiger partial charge in [-0.1, -0.05) is 30.3 Å². The maximum Gasteiger partial charge on any atom is 0.159 e. The summed E-state index contributed by atoms with van der Waals surface area (Å²) < 4.78 is 0. The molecule has 0 N–H and O–H groups in total. The molecule has 0 saturated carbocycles. The van der Waals surface area contributed by atoms with E-state index < -0.39 is 0 Å². The summed E-state index contributed by atoms with van der Waals surface area (Å²) in [7, 11) is 2.16. The molecule has 0 bridgehead atoms. The minimum absolute atomic E-state index is 0.135. The fourth-order valence-corrected chi connectivity index (χ4v) is 3.06. The summed E-state index contributed by atoms with van der Waals surface area (Å²) in [4.78, 5) is 16.6. The smallest absolute Gasteiger partial charge is 0.159 e. The SMILES string of the molecule is CC(=O)c1cc(Cc2ccccc2)cc(N2CCN(C)CC2)c1. The van der Waals surface area contributed by atoms with Gasteiger partial charge in [-0.3, -0.25) is 4.79 Å². The number of benzene rings is 2. The van der Waals surface area contributed by atoms with Crippen molar-refractivity contribution in [3.05, 3.63) is 65.2 Å². The molecule has 1 fully saturated rings. The maximum atomic E-state index is 11.9. The summed E-state index contributed by atoms with van der Waals surface area (Å²) in [6.45, 7) is 5.82. The van der Waals surface area contributed by atoms with E-state index in [1.807, 2.05) is 18.2 Å². The molecule has 0 radical (unpaired) electrons. The summed E-state index contributed by atoms with van der Waals surface area (Å²) in [6, 6.07) is 16.7. The van der Waals surface area contributed by atoms with Crippen LogP contribution in [0.5, 0.6) is 0 Å². The first kappa shape index (κ1) is 15.8. The van der Waals surface area contributed by atoms with Crippen LogP contribution in [0.1, 0.15) is 28.4 Å². The Labute approximate surface area is 138 Å². The minimum atomic E-state index is 0.135. The van der Waals surface area contributed by atoms with E-state index in [4.69, 9.17) is 0 Å². The molecule has 0 amide bonds. The first-order valence-corrected chi connectivity index (χ1v) is 8.24. The van der Waals surface area contributed by atoms with E-state index in [0.29, 0.717) is 0 Å². The van der Waals surface area contributed by atoms with Gasteiger partial charge in [0.25, 0.3) is 0 Å². The molecule has 3 rings (SSSR count). The Bertz CT molecular complexity index is 673. The van der Waals surface area contributed by atoms with E-state index in [0.717, 1.165) is 38.2 Å². The molecule has 3 heteroatoms. The van der Waals surface area contributed by atoms with Gasteiger partial charge in [-0.15, -0.1) is 0 Å². The molecular weight excluding hydrogens is 284 g/mol. The van der Waals surface area contributed by atoms with Crippen LogP contribution >= 0.6 is 0 Å². The van der Waals surface area contributed by atoms with Gasteiger partial charge in [0.05, 0.1) is 0 Å². The number of carbonyl (C=O) groups excluding carboxylic acids is 1. The molecule has 2 aromatic carbocycles. The number of hydrogen-bond acceptors (Lipinski definition) is 3. The first-order chi connectivity index (χ1) is 11.1. The van der Waals surface area contributed by atoms with Crippen LogP contribution in [0.25, 0.3) is 0 Å². The molecule has 1 saturated heterocycles. The lowest BCUT2D eigenvalue weighted by atomic mass is 10.00. The van der Waals surface area contributed by atoms with Gasteiger partial charge in [-0.25, -0.2) is 0 Å². The third-order valence-corrected chi connectivity index (χ3v) is 4.50. The van der Waals surface area contributed by atoms with E-state index in [1.54, 1.807) is 6.92 Å². The number of likely N-dealkylation sites (N-methyl/N-ethyl adjacent to an activating group) is 1. The quantitative estimate of drug-likeness (QED) is 0.810. The molecule has 0 unspecified atom stereocenters. The molecule has 23 heavy (non-hydrogen) atoms. The molecular formula is C20H24N2O. The lowest BCUT2D eigenvalue weighted by molar-refractivity contribution is 0.101. The molecule has 1 aliphatic rings. The number of piperazine rings is 1. The van der Waals surface area contributed by atoms with Gasteiger partial charge in [0, 0.05) is 37.4 Å². The van der Waals surface area contributed by atoms with Crippen molar-refractivity contribution in [2.24, 2.45) is 0 Å². The molecule has 3 nitrogen and oxygen atoms in total. The topological polar surface area (TPSA) is 23.6 Å². The third kappa shape index (κ3) is 3.99. The largest absolute Gasteiger partial charge is 0.369 e. The first-order valence-electron chi connectivity index (χ1n) is 8.24. The number of hydrogen-bond donors (Lipinski definition) is 0. The van der Waals surface area contributed by atoms with Crippen molar-refractivity contribution in [1.29, 1.82) is 0 Å². The Kier molecular flexibility index (Phi) is 4.77. The normalized spacial score (nSPS) is 15.7. The van der Waals surface area contributed by atoms with Gasteiger partial charge in [-0.2, -0.15) is 0 Å². The van der Waals surface area contributed by atoms with Crippen LogP contribution in [0.2, 0.25) is 0 Å². The number of carbonyl (C=O) groups is 1. The second kappa shape index (κ2) is 6.97. The highest BCUT2D eigenvalue weighted by Gasteiger charge is 2.16. The molecule has 120 valence electrons. The highest BCUT2D eigenvalue weighted by atomic mass is 16.1. The summed E-state index contributed by atoms with van der Waals surface area (Å²) >= 11 is 0. The van der Waals surface area contributed by atoms with Gasteiger partial charge in [0.1, 0.15) is 0 Å². The van der Waals surface area contributed by atoms with Crippen molar-refractivity contribution >= 4 is 11.5 Å². The fourth-order valence-electron chi connectivity index (χ4n) is 3.06. The average molecular weight is 308 g/mol. The molecule has 1 heterocycles. The monoisotopic (exact) mass is 308 g/mol. The molecule has 0 aliphatic carbocycles. The second-order valence-corrected chi connectivity index (χ2v) is 6.40. The van der Waals surface area contributed by atoms with E-state index >= 15 is 0 Å². The summed E-state index contributed by atoms with van der Waals surface area (Å²) in [5, 5.41) is 0. The van der Waals surface area contributed by atoms with Crippen LogP contribution in [-0.2, 0) is 6.42 Å². The number of rotatable bonds is 4. The summed E-state index contributed by atoms with van der Waals surface area (Å²) in [6.07, 6.45) is 0.864. The maximum absolute atomic E-state index is 11.9. The standard InChI is InChI=1S/C20H24N2O/c1-16(23)19-13-18(12-17-6-4-3-5-7-17)14-20(15-19)22-10-8-21(2)9-11-22/h3-7,13-15H,8-12H2,1-2H3. The zero-order valence-corrected chi connectivity index (χ0v) is 14.0. The van der Waals surface area contributed by atoms with Crippen LogP contribution in [0, 0.1) is 0 Å². The van der Waals surface area contributed by atoms with Crippen LogP contribution in [0.15, 0.2) is 48.5 Å². The van der Waals surface area contributed by atoms with Gasteiger partial charge in [0.15, 0.2) is 5.78 Å². The van der Waals surface area contributed by atoms with Gasteiger partial charge < -0.3 is 9.80 Å². The molecule has 1 aliphatic heterocycles. The summed E-state index contributed by atoms with van der Waals surface area (Å²) in [5.74, 6) is 0.135. The van der Waals surface area contributed by atoms with Crippen LogP contribution in [0.4, 0.5) is 5.69 Å². The van der Waals surface area contributed by atoms with Crippen molar-refractivity contribution in [2.45, 2.75) is 13.3 Å². The number of nitrogens with zero attached hydrogens (tertiary/aromatic N) is 2. The van der Waals surface area contributed by atoms with Crippen molar-refractivity contribution in [2.75, 3.05) is 38.1 Å². The Morgan fingerprint density at radius 2 is 1.65 bits per heavy atom. The van der Waals surface area contributed by atoms with Gasteiger partial charge in [-0.05, 0) is 49.7 Å². The number of Topliss-reactive ketones (excluding diaryl/α,β-unsaturated/α-hetero) is 1. The van der Waals surface area contributed by atoms with E-state index in [1.165, 1.54) is 16.8 Å². The zero-order valence-electron chi connectivity index (χ0n) is 14.0. The number of anilines is 1. The predicted octanol–water partition coefficient (Wildman–Crippen LogP) is 3.23. The second-order valence-electron chi connectivity index (χ2n) is 6.40. The van der Waals surface area contributed by atoms with Crippen molar-refractivity contribution in [1.82, 2.24) is 4.90 Å². The highest BCUT2D eigenvalue weighted by molar-refractivity contribution is 5.95. The molecule has 0 spiro atoms. The zero-order chi connectivity index (χ0) is 16.2. The van der Waals surface area contributed by atoms with Crippen LogP contribution in [-0.4, -0.2) is 43.9 Å². The Morgan fingerprint density at radius 1 is 0.957 bits per heavy atom. The predicted molar refractivity (Wildman–Crippen MR) is 95.4 cm³/mol. The minimum Gasteiger partial charge on any atom is -0.369 e. The Hall–Kier alpha value is -2.13. The molecule has 0 atom stereocenters. The molecule has 2 aromatic rings. The lowest BCUT2D eigenvalue weighted by Crippen LogP contribution is -2.44. The van der Waals surface area contributed by atoms with E-state index in [2.05, 4.69) is 47.2 Å². The lowest BCUT2D eigenvalue weighted by Gasteiger charge is -2.34. The highest BCUT2D eigenvalue weighted by Crippen LogP contribution is 2.23. The van der Waals surface area contributed by atoms with Crippen LogP contribution in [0.3, 0.4) is 0 Å². The van der Waals surface area contributed by atoms with Crippen molar-refractivity contribution in [3.8, 4) is 0 Å². The Balaban J connectivity index is 1.88. The third-order valence-electron chi connectivity index (χ3n) is 4.50. The van der Waals surface area contributed by atoms with Crippen molar-refractivity contribution in [3.63, 3.8) is 0 Å². The van der Waals surface area contributed by atoms with Crippen LogP contribution < -0.4 is 4.90 Å². The average Bonchev–Trinajstić information content (AvgIpc) is 2.56. The van der Waals surface area contributed by atoms with E-state index in [9.17, 15) is 4.79 Å². The molecule has 0 aromatic heterocycles. The van der Waals surface area contributed by atoms with E-state index in [-0.39, 0.29) is 5.78 Å². The van der Waals surface area contributed by atoms with Crippen molar-refractivity contribution < 1.29 is 4.79 Å². The Morgan fingerprint density at radius 3 is 2.30 bits per heavy atom. The van der Waals surface area contributed by atoms with Gasteiger partial charge in [0.2, 0.25) is 0 Å².